The van der Waals surface area contributed by atoms with Gasteiger partial charge >= 0.3 is 0 Å². The fourth-order valence-electron chi connectivity index (χ4n) is 5.05. The number of rotatable bonds is 10. The smallest absolute Gasteiger partial charge is 0.213 e. The highest BCUT2D eigenvalue weighted by Crippen LogP contribution is 2.42. The van der Waals surface area contributed by atoms with Crippen molar-refractivity contribution in [3.8, 4) is 28.5 Å². The Hall–Kier alpha value is -2.86. The van der Waals surface area contributed by atoms with E-state index in [1.165, 1.54) is 17.8 Å². The van der Waals surface area contributed by atoms with Gasteiger partial charge in [0.25, 0.3) is 0 Å². The Kier molecular flexibility index (Phi) is 8.91. The molecule has 37 heavy (non-hydrogen) atoms. The molecule has 1 heterocycles. The largest absolute Gasteiger partial charge is 0.497 e. The summed E-state index contributed by atoms with van der Waals surface area (Å²) in [4.78, 5) is 13.8. The van der Waals surface area contributed by atoms with Crippen molar-refractivity contribution < 1.29 is 28.8 Å². The van der Waals surface area contributed by atoms with Gasteiger partial charge in [-0.2, -0.15) is 0 Å². The third kappa shape index (κ3) is 7.35. The SMILES string of the molecule is COc1ccc(-c2ccnc(OC)c2)c(C2CCC(COc3cccc([C@H](O)CP(C)(=O)O)c3)CC2)c1. The number of hydrogen-bond donors (Lipinski definition) is 2. The number of nitrogens with zero attached hydrogens (tertiary/aromatic N) is 1. The van der Waals surface area contributed by atoms with Crippen LogP contribution in [0.5, 0.6) is 17.4 Å². The Morgan fingerprint density at radius 2 is 1.78 bits per heavy atom. The van der Waals surface area contributed by atoms with E-state index in [4.69, 9.17) is 14.2 Å². The molecule has 1 aliphatic rings. The summed E-state index contributed by atoms with van der Waals surface area (Å²) in [6.45, 7) is 1.86. The van der Waals surface area contributed by atoms with Crippen LogP contribution >= 0.6 is 7.37 Å². The Morgan fingerprint density at radius 1 is 1.00 bits per heavy atom. The molecule has 8 heteroatoms. The van der Waals surface area contributed by atoms with Crippen LogP contribution < -0.4 is 14.2 Å². The number of aliphatic hydroxyl groups is 1. The van der Waals surface area contributed by atoms with Crippen molar-refractivity contribution in [3.63, 3.8) is 0 Å². The standard InChI is InChI=1S/C29H36NO6P/c1-34-24-11-12-26(22-13-14-30-29(16-22)35-2)27(17-24)21-9-7-20(8-10-21)18-36-25-6-4-5-23(15-25)28(31)19-37(3,32)33/h4-6,11-17,20-21,28,31H,7-10,18-19H2,1-3H3,(H,32,33)/t20?,21?,28-/m1/s1. The molecule has 0 radical (unpaired) electrons. The lowest BCUT2D eigenvalue weighted by Gasteiger charge is -2.30. The maximum Gasteiger partial charge on any atom is 0.213 e. The number of aliphatic hydroxyl groups excluding tert-OH is 1. The van der Waals surface area contributed by atoms with Crippen molar-refractivity contribution in [1.29, 1.82) is 0 Å². The summed E-state index contributed by atoms with van der Waals surface area (Å²) in [7, 11) is 0.00969. The van der Waals surface area contributed by atoms with Gasteiger partial charge in [0, 0.05) is 18.9 Å². The summed E-state index contributed by atoms with van der Waals surface area (Å²) in [6, 6.07) is 17.4. The summed E-state index contributed by atoms with van der Waals surface area (Å²) in [6.07, 6.45) is 4.82. The monoisotopic (exact) mass is 525 g/mol. The van der Waals surface area contributed by atoms with Crippen LogP contribution in [0.3, 0.4) is 0 Å². The van der Waals surface area contributed by atoms with Gasteiger partial charge in [0.15, 0.2) is 0 Å². The van der Waals surface area contributed by atoms with Crippen molar-refractivity contribution in [2.45, 2.75) is 37.7 Å². The van der Waals surface area contributed by atoms with Crippen LogP contribution in [-0.4, -0.2) is 48.6 Å². The molecule has 0 amide bonds. The van der Waals surface area contributed by atoms with Gasteiger partial charge in [-0.15, -0.1) is 0 Å². The lowest BCUT2D eigenvalue weighted by atomic mass is 9.77. The number of aromatic nitrogens is 1. The summed E-state index contributed by atoms with van der Waals surface area (Å²) < 4.78 is 28.6. The van der Waals surface area contributed by atoms with Gasteiger partial charge in [-0.1, -0.05) is 18.2 Å². The van der Waals surface area contributed by atoms with Crippen molar-refractivity contribution in [3.05, 3.63) is 71.9 Å². The molecule has 0 saturated heterocycles. The van der Waals surface area contributed by atoms with Crippen molar-refractivity contribution in [2.75, 3.05) is 33.7 Å². The minimum atomic E-state index is -3.31. The molecule has 3 aromatic rings. The first-order valence-corrected chi connectivity index (χ1v) is 14.9. The summed E-state index contributed by atoms with van der Waals surface area (Å²) in [5.41, 5.74) is 4.13. The maximum atomic E-state index is 11.7. The van der Waals surface area contributed by atoms with Crippen molar-refractivity contribution in [2.24, 2.45) is 5.92 Å². The van der Waals surface area contributed by atoms with Crippen LogP contribution in [0.4, 0.5) is 0 Å². The molecule has 2 N–H and O–H groups in total. The van der Waals surface area contributed by atoms with Crippen molar-refractivity contribution >= 4 is 7.37 Å². The zero-order chi connectivity index (χ0) is 26.4. The van der Waals surface area contributed by atoms with Crippen LogP contribution in [0.15, 0.2) is 60.8 Å². The van der Waals surface area contributed by atoms with E-state index in [-0.39, 0.29) is 6.16 Å². The fourth-order valence-corrected chi connectivity index (χ4v) is 5.90. The van der Waals surface area contributed by atoms with E-state index < -0.39 is 13.5 Å². The molecule has 2 atom stereocenters. The van der Waals surface area contributed by atoms with Gasteiger partial charge in [-0.25, -0.2) is 4.98 Å². The van der Waals surface area contributed by atoms with Gasteiger partial charge in [-0.3, -0.25) is 4.57 Å². The molecule has 7 nitrogen and oxygen atoms in total. The lowest BCUT2D eigenvalue weighted by molar-refractivity contribution is 0.192. The zero-order valence-electron chi connectivity index (χ0n) is 21.7. The zero-order valence-corrected chi connectivity index (χ0v) is 22.6. The molecule has 0 bridgehead atoms. The second kappa shape index (κ2) is 12.1. The molecule has 1 aromatic heterocycles. The second-order valence-electron chi connectivity index (χ2n) is 9.89. The number of ether oxygens (including phenoxy) is 3. The average Bonchev–Trinajstić information content (AvgIpc) is 2.91. The first kappa shape index (κ1) is 27.2. The highest BCUT2D eigenvalue weighted by molar-refractivity contribution is 7.57. The van der Waals surface area contributed by atoms with Gasteiger partial charge in [-0.05, 0) is 90.1 Å². The van der Waals surface area contributed by atoms with E-state index in [1.54, 1.807) is 38.6 Å². The first-order valence-electron chi connectivity index (χ1n) is 12.6. The van der Waals surface area contributed by atoms with Crippen molar-refractivity contribution in [1.82, 2.24) is 4.98 Å². The summed E-state index contributed by atoms with van der Waals surface area (Å²) in [5, 5.41) is 10.3. The predicted molar refractivity (Wildman–Crippen MR) is 145 cm³/mol. The minimum Gasteiger partial charge on any atom is -0.497 e. The minimum absolute atomic E-state index is 0.168. The van der Waals surface area contributed by atoms with E-state index in [9.17, 15) is 14.6 Å². The quantitative estimate of drug-likeness (QED) is 0.311. The summed E-state index contributed by atoms with van der Waals surface area (Å²) in [5.74, 6) is 2.98. The molecule has 0 aliphatic heterocycles. The van der Waals surface area contributed by atoms with Gasteiger partial charge in [0.2, 0.25) is 13.2 Å². The molecule has 1 unspecified atom stereocenters. The van der Waals surface area contributed by atoms with E-state index in [1.807, 2.05) is 24.3 Å². The lowest BCUT2D eigenvalue weighted by Crippen LogP contribution is -2.19. The van der Waals surface area contributed by atoms with Gasteiger partial charge in [0.05, 0.1) is 33.1 Å². The number of methoxy groups -OCH3 is 2. The normalized spacial score (nSPS) is 20.0. The van der Waals surface area contributed by atoms with Crippen LogP contribution in [-0.2, 0) is 4.57 Å². The Morgan fingerprint density at radius 3 is 2.49 bits per heavy atom. The number of benzene rings is 2. The maximum absolute atomic E-state index is 11.7. The molecule has 0 spiro atoms. The van der Waals surface area contributed by atoms with Crippen LogP contribution in [0.25, 0.3) is 11.1 Å². The third-order valence-corrected chi connectivity index (χ3v) is 8.06. The Balaban J connectivity index is 1.40. The first-order chi connectivity index (χ1) is 17.8. The average molecular weight is 526 g/mol. The van der Waals surface area contributed by atoms with Crippen LogP contribution in [0, 0.1) is 5.92 Å². The Bertz CT molecular complexity index is 1230. The molecule has 4 rings (SSSR count). The van der Waals surface area contributed by atoms with E-state index in [0.717, 1.165) is 37.0 Å². The molecule has 1 aliphatic carbocycles. The fraction of sp³-hybridized carbons (Fsp3) is 0.414. The Labute approximate surface area is 218 Å². The van der Waals surface area contributed by atoms with Crippen LogP contribution in [0.1, 0.15) is 48.8 Å². The molecule has 1 saturated carbocycles. The molecule has 1 fully saturated rings. The van der Waals surface area contributed by atoms with Crippen LogP contribution in [0.2, 0.25) is 0 Å². The molecule has 2 aromatic carbocycles. The van der Waals surface area contributed by atoms with Gasteiger partial charge < -0.3 is 24.2 Å². The van der Waals surface area contributed by atoms with E-state index >= 15 is 0 Å². The third-order valence-electron chi connectivity index (χ3n) is 7.04. The van der Waals surface area contributed by atoms with Gasteiger partial charge in [0.1, 0.15) is 11.5 Å². The second-order valence-corrected chi connectivity index (χ2v) is 12.4. The molecular weight excluding hydrogens is 489 g/mol. The van der Waals surface area contributed by atoms with E-state index in [0.29, 0.717) is 35.6 Å². The number of pyridine rings is 1. The number of hydrogen-bond acceptors (Lipinski definition) is 6. The van der Waals surface area contributed by atoms with E-state index in [2.05, 4.69) is 17.1 Å². The summed E-state index contributed by atoms with van der Waals surface area (Å²) >= 11 is 0. The predicted octanol–water partition coefficient (Wildman–Crippen LogP) is 6.05. The highest BCUT2D eigenvalue weighted by Gasteiger charge is 2.26. The molecule has 198 valence electrons. The molecular formula is C29H36NO6P. The highest BCUT2D eigenvalue weighted by atomic mass is 31.2. The topological polar surface area (TPSA) is 98.1 Å².